The van der Waals surface area contributed by atoms with Gasteiger partial charge in [0, 0.05) is 42.0 Å². The molecule has 1 aliphatic heterocycles. The first kappa shape index (κ1) is 26.7. The van der Waals surface area contributed by atoms with E-state index in [1.807, 2.05) is 27.7 Å². The molecule has 4 rings (SSSR count). The van der Waals surface area contributed by atoms with Crippen molar-refractivity contribution in [2.75, 3.05) is 25.5 Å². The zero-order valence-electron chi connectivity index (χ0n) is 21.4. The highest BCUT2D eigenvalue weighted by molar-refractivity contribution is 7.15. The lowest BCUT2D eigenvalue weighted by molar-refractivity contribution is 0.0204. The van der Waals surface area contributed by atoms with E-state index in [1.54, 1.807) is 17.0 Å². The van der Waals surface area contributed by atoms with E-state index in [9.17, 15) is 9.59 Å². The summed E-state index contributed by atoms with van der Waals surface area (Å²) in [6, 6.07) is 3.45. The second-order valence-electron chi connectivity index (χ2n) is 9.72. The molecule has 37 heavy (non-hydrogen) atoms. The molecule has 0 aromatic carbocycles. The Morgan fingerprint density at radius 1 is 1.11 bits per heavy atom. The third-order valence-electron chi connectivity index (χ3n) is 5.79. The zero-order valence-corrected chi connectivity index (χ0v) is 22.9. The van der Waals surface area contributed by atoms with Gasteiger partial charge >= 0.3 is 6.09 Å². The van der Waals surface area contributed by atoms with Crippen molar-refractivity contribution in [1.82, 2.24) is 25.1 Å². The number of nitrogens with one attached hydrogen (secondary N) is 1. The van der Waals surface area contributed by atoms with E-state index < -0.39 is 5.60 Å². The number of pyridine rings is 2. The van der Waals surface area contributed by atoms with E-state index >= 15 is 0 Å². The van der Waals surface area contributed by atoms with Gasteiger partial charge in [-0.05, 0) is 52.7 Å². The SMILES string of the molecule is COc1cnc(Cl)cc1-c1cc(C)ncc1C(=O)Nc1nnc(C2CCN(C(=O)OC(C)(C)C)CC2)s1. The number of halogens is 1. The first-order valence-corrected chi connectivity index (χ1v) is 13.0. The highest BCUT2D eigenvalue weighted by Crippen LogP contribution is 2.35. The summed E-state index contributed by atoms with van der Waals surface area (Å²) >= 11 is 7.46. The van der Waals surface area contributed by atoms with Crippen molar-refractivity contribution in [3.8, 4) is 16.9 Å². The van der Waals surface area contributed by atoms with Crippen LogP contribution in [0.2, 0.25) is 5.15 Å². The summed E-state index contributed by atoms with van der Waals surface area (Å²) in [5.41, 5.74) is 1.80. The lowest BCUT2D eigenvalue weighted by Crippen LogP contribution is -2.41. The molecule has 10 nitrogen and oxygen atoms in total. The van der Waals surface area contributed by atoms with Crippen LogP contribution in [0.25, 0.3) is 11.1 Å². The largest absolute Gasteiger partial charge is 0.494 e. The lowest BCUT2D eigenvalue weighted by Gasteiger charge is -2.32. The molecule has 196 valence electrons. The van der Waals surface area contributed by atoms with Gasteiger partial charge in [-0.25, -0.2) is 9.78 Å². The van der Waals surface area contributed by atoms with Crippen LogP contribution in [-0.4, -0.2) is 62.9 Å². The smallest absolute Gasteiger partial charge is 0.410 e. The van der Waals surface area contributed by atoms with Gasteiger partial charge in [0.05, 0.1) is 18.9 Å². The number of hydrogen-bond acceptors (Lipinski definition) is 9. The maximum Gasteiger partial charge on any atom is 0.410 e. The van der Waals surface area contributed by atoms with E-state index in [2.05, 4.69) is 25.5 Å². The molecule has 1 N–H and O–H groups in total. The predicted molar refractivity (Wildman–Crippen MR) is 141 cm³/mol. The van der Waals surface area contributed by atoms with Crippen molar-refractivity contribution in [1.29, 1.82) is 0 Å². The quantitative estimate of drug-likeness (QED) is 0.428. The molecule has 0 atom stereocenters. The average Bonchev–Trinajstić information content (AvgIpc) is 3.31. The van der Waals surface area contributed by atoms with Crippen molar-refractivity contribution < 1.29 is 19.1 Å². The second kappa shape index (κ2) is 11.0. The Morgan fingerprint density at radius 2 is 1.84 bits per heavy atom. The maximum atomic E-state index is 13.3. The molecule has 0 saturated carbocycles. The average molecular weight is 545 g/mol. The highest BCUT2D eigenvalue weighted by Gasteiger charge is 2.29. The van der Waals surface area contributed by atoms with Gasteiger partial charge in [0.1, 0.15) is 21.5 Å². The molecular weight excluding hydrogens is 516 g/mol. The molecule has 0 aliphatic carbocycles. The molecule has 0 bridgehead atoms. The Balaban J connectivity index is 1.46. The third kappa shape index (κ3) is 6.53. The van der Waals surface area contributed by atoms with Gasteiger partial charge in [-0.15, -0.1) is 10.2 Å². The topological polar surface area (TPSA) is 119 Å². The van der Waals surface area contributed by atoms with Crippen LogP contribution in [-0.2, 0) is 4.74 Å². The molecule has 1 fully saturated rings. The van der Waals surface area contributed by atoms with Crippen molar-refractivity contribution >= 4 is 40.1 Å². The number of carbonyl (C=O) groups excluding carboxylic acids is 2. The highest BCUT2D eigenvalue weighted by atomic mass is 35.5. The summed E-state index contributed by atoms with van der Waals surface area (Å²) in [4.78, 5) is 35.7. The summed E-state index contributed by atoms with van der Waals surface area (Å²) in [5.74, 6) is 0.265. The van der Waals surface area contributed by atoms with Gasteiger partial charge in [0.25, 0.3) is 5.91 Å². The fraction of sp³-hybridized carbons (Fsp3) is 0.440. The number of aromatic nitrogens is 4. The Morgan fingerprint density at radius 3 is 2.51 bits per heavy atom. The van der Waals surface area contributed by atoms with Crippen LogP contribution >= 0.6 is 22.9 Å². The van der Waals surface area contributed by atoms with E-state index in [1.165, 1.54) is 30.8 Å². The summed E-state index contributed by atoms with van der Waals surface area (Å²) in [6.07, 6.45) is 4.22. The Kier molecular flexibility index (Phi) is 7.93. The number of piperidine rings is 1. The van der Waals surface area contributed by atoms with Gasteiger partial charge in [-0.2, -0.15) is 0 Å². The summed E-state index contributed by atoms with van der Waals surface area (Å²) in [7, 11) is 1.53. The van der Waals surface area contributed by atoms with Gasteiger partial charge in [-0.1, -0.05) is 22.9 Å². The van der Waals surface area contributed by atoms with Gasteiger partial charge < -0.3 is 14.4 Å². The number of carbonyl (C=O) groups is 2. The van der Waals surface area contributed by atoms with Gasteiger partial charge in [0.15, 0.2) is 0 Å². The molecule has 4 heterocycles. The van der Waals surface area contributed by atoms with Crippen molar-refractivity contribution in [3.05, 3.63) is 45.9 Å². The summed E-state index contributed by atoms with van der Waals surface area (Å²) in [5, 5.41) is 12.8. The number of methoxy groups -OCH3 is 1. The van der Waals surface area contributed by atoms with Crippen LogP contribution < -0.4 is 10.1 Å². The second-order valence-corrected chi connectivity index (χ2v) is 11.1. The molecule has 3 aromatic heterocycles. The molecule has 1 saturated heterocycles. The summed E-state index contributed by atoms with van der Waals surface area (Å²) in [6.45, 7) is 8.56. The number of hydrogen-bond donors (Lipinski definition) is 1. The fourth-order valence-corrected chi connectivity index (χ4v) is 5.07. The number of aryl methyl sites for hydroxylation is 1. The Hall–Kier alpha value is -3.31. The number of likely N-dealkylation sites (tertiary alicyclic amines) is 1. The van der Waals surface area contributed by atoms with Crippen LogP contribution in [0.15, 0.2) is 24.5 Å². The van der Waals surface area contributed by atoms with Crippen LogP contribution in [0.4, 0.5) is 9.93 Å². The first-order chi connectivity index (χ1) is 17.5. The molecule has 12 heteroatoms. The molecule has 0 radical (unpaired) electrons. The predicted octanol–water partition coefficient (Wildman–Crippen LogP) is 5.33. The van der Waals surface area contributed by atoms with Crippen molar-refractivity contribution in [2.45, 2.75) is 52.1 Å². The minimum atomic E-state index is -0.526. The molecular formula is C25H29ClN6O4S. The number of anilines is 1. The van der Waals surface area contributed by atoms with E-state index in [0.717, 1.165) is 23.5 Å². The first-order valence-electron chi connectivity index (χ1n) is 11.8. The maximum absolute atomic E-state index is 13.3. The Labute approximate surface area is 224 Å². The normalized spacial score (nSPS) is 14.4. The third-order valence-corrected chi connectivity index (χ3v) is 6.99. The number of amides is 2. The van der Waals surface area contributed by atoms with Gasteiger partial charge in [0.2, 0.25) is 5.13 Å². The monoisotopic (exact) mass is 544 g/mol. The van der Waals surface area contributed by atoms with E-state index in [-0.39, 0.29) is 23.1 Å². The molecule has 2 amide bonds. The molecule has 0 unspecified atom stereocenters. The number of rotatable bonds is 5. The van der Waals surface area contributed by atoms with E-state index in [4.69, 9.17) is 21.1 Å². The zero-order chi connectivity index (χ0) is 26.7. The van der Waals surface area contributed by atoms with E-state index in [0.29, 0.717) is 40.7 Å². The molecule has 1 aliphatic rings. The number of nitrogens with zero attached hydrogens (tertiary/aromatic N) is 5. The number of ether oxygens (including phenoxy) is 2. The minimum absolute atomic E-state index is 0.154. The lowest BCUT2D eigenvalue weighted by atomic mass is 9.98. The standard InChI is InChI=1S/C25H29ClN6O4S/c1-14-10-16(17-11-20(26)28-13-19(17)35-5)18(12-27-14)21(33)29-23-31-30-22(37-23)15-6-8-32(9-7-15)24(34)36-25(2,3)4/h10-13,15H,6-9H2,1-5H3,(H,29,31,33). The summed E-state index contributed by atoms with van der Waals surface area (Å²) < 4.78 is 10.9. The van der Waals surface area contributed by atoms with Gasteiger partial charge in [-0.3, -0.25) is 15.1 Å². The van der Waals surface area contributed by atoms with Crippen LogP contribution in [0.3, 0.4) is 0 Å². The van der Waals surface area contributed by atoms with Crippen molar-refractivity contribution in [3.63, 3.8) is 0 Å². The Bertz CT molecular complexity index is 1300. The van der Waals surface area contributed by atoms with Crippen LogP contribution in [0.1, 0.15) is 60.6 Å². The van der Waals surface area contributed by atoms with Crippen molar-refractivity contribution in [2.24, 2.45) is 0 Å². The van der Waals surface area contributed by atoms with Crippen LogP contribution in [0, 0.1) is 6.92 Å². The van der Waals surface area contributed by atoms with Crippen LogP contribution in [0.5, 0.6) is 5.75 Å². The fourth-order valence-electron chi connectivity index (χ4n) is 4.00. The molecule has 0 spiro atoms. The molecule has 3 aromatic rings. The minimum Gasteiger partial charge on any atom is -0.494 e.